The first kappa shape index (κ1) is 23.2. The van der Waals surface area contributed by atoms with E-state index in [2.05, 4.69) is 6.07 Å². The SMILES string of the molecule is CC(C)(CCCCCc1ccc(CCCCCC2(OC=O)CC2)cc1O)C(=O)O. The maximum absolute atomic E-state index is 11.1. The first-order valence-electron chi connectivity index (χ1n) is 10.9. The lowest BCUT2D eigenvalue weighted by Gasteiger charge is -2.18. The maximum Gasteiger partial charge on any atom is 0.309 e. The molecule has 1 aliphatic carbocycles. The summed E-state index contributed by atoms with van der Waals surface area (Å²) >= 11 is 0. The fourth-order valence-corrected chi connectivity index (χ4v) is 3.76. The smallest absolute Gasteiger partial charge is 0.309 e. The maximum atomic E-state index is 11.1. The molecule has 5 nitrogen and oxygen atoms in total. The van der Waals surface area contributed by atoms with Gasteiger partial charge in [-0.15, -0.1) is 0 Å². The molecule has 0 radical (unpaired) electrons. The lowest BCUT2D eigenvalue weighted by molar-refractivity contribution is -0.147. The zero-order chi connectivity index (χ0) is 21.3. The third-order valence-corrected chi connectivity index (χ3v) is 6.18. The largest absolute Gasteiger partial charge is 0.508 e. The summed E-state index contributed by atoms with van der Waals surface area (Å²) in [6.45, 7) is 4.11. The molecule has 0 spiro atoms. The number of aliphatic carboxylic acids is 1. The van der Waals surface area contributed by atoms with Crippen LogP contribution in [0.2, 0.25) is 0 Å². The average Bonchev–Trinajstić information content (AvgIpc) is 3.42. The molecule has 1 saturated carbocycles. The van der Waals surface area contributed by atoms with Crippen molar-refractivity contribution in [2.45, 2.75) is 96.5 Å². The van der Waals surface area contributed by atoms with Gasteiger partial charge in [-0.05, 0) is 88.8 Å². The zero-order valence-corrected chi connectivity index (χ0v) is 17.9. The molecule has 2 N–H and O–H groups in total. The van der Waals surface area contributed by atoms with Crippen molar-refractivity contribution in [3.05, 3.63) is 29.3 Å². The number of carbonyl (C=O) groups is 2. The summed E-state index contributed by atoms with van der Waals surface area (Å²) in [5.41, 5.74) is 1.31. The van der Waals surface area contributed by atoms with Gasteiger partial charge in [0.2, 0.25) is 0 Å². The predicted molar refractivity (Wildman–Crippen MR) is 113 cm³/mol. The zero-order valence-electron chi connectivity index (χ0n) is 17.9. The van der Waals surface area contributed by atoms with Crippen molar-refractivity contribution >= 4 is 12.4 Å². The molecule has 0 aliphatic heterocycles. The van der Waals surface area contributed by atoms with Crippen LogP contribution in [0.1, 0.15) is 89.2 Å². The minimum Gasteiger partial charge on any atom is -0.508 e. The van der Waals surface area contributed by atoms with Gasteiger partial charge >= 0.3 is 5.97 Å². The molecule has 0 aromatic heterocycles. The second-order valence-corrected chi connectivity index (χ2v) is 9.17. The lowest BCUT2D eigenvalue weighted by Crippen LogP contribution is -2.23. The van der Waals surface area contributed by atoms with Crippen molar-refractivity contribution in [2.24, 2.45) is 5.41 Å². The molecule has 0 heterocycles. The minimum atomic E-state index is -0.743. The molecule has 0 bridgehead atoms. The van der Waals surface area contributed by atoms with Gasteiger partial charge in [-0.1, -0.05) is 31.4 Å². The fourth-order valence-electron chi connectivity index (χ4n) is 3.76. The van der Waals surface area contributed by atoms with Crippen molar-refractivity contribution < 1.29 is 24.5 Å². The second kappa shape index (κ2) is 10.7. The van der Waals surface area contributed by atoms with E-state index in [1.807, 2.05) is 12.1 Å². The van der Waals surface area contributed by atoms with Crippen LogP contribution in [0.3, 0.4) is 0 Å². The number of unbranched alkanes of at least 4 members (excludes halogenated alkanes) is 4. The molecule has 0 unspecified atom stereocenters. The van der Waals surface area contributed by atoms with E-state index in [4.69, 9.17) is 9.84 Å². The van der Waals surface area contributed by atoms with Crippen LogP contribution >= 0.6 is 0 Å². The highest BCUT2D eigenvalue weighted by atomic mass is 16.5. The van der Waals surface area contributed by atoms with E-state index in [0.29, 0.717) is 18.6 Å². The number of phenols is 1. The summed E-state index contributed by atoms with van der Waals surface area (Å²) in [5, 5.41) is 19.4. The molecule has 0 atom stereocenters. The van der Waals surface area contributed by atoms with Gasteiger partial charge in [-0.25, -0.2) is 0 Å². The first-order valence-corrected chi connectivity index (χ1v) is 10.9. The molecular weight excluding hydrogens is 368 g/mol. The number of aromatic hydroxyl groups is 1. The number of carbonyl (C=O) groups excluding carboxylic acids is 1. The molecule has 29 heavy (non-hydrogen) atoms. The van der Waals surface area contributed by atoms with Crippen LogP contribution in [0.15, 0.2) is 18.2 Å². The van der Waals surface area contributed by atoms with Crippen molar-refractivity contribution in [3.8, 4) is 5.75 Å². The van der Waals surface area contributed by atoms with E-state index in [1.54, 1.807) is 13.8 Å². The highest BCUT2D eigenvalue weighted by Crippen LogP contribution is 2.43. The van der Waals surface area contributed by atoms with Crippen LogP contribution in [0.5, 0.6) is 5.75 Å². The van der Waals surface area contributed by atoms with E-state index in [0.717, 1.165) is 81.8 Å². The normalized spacial score (nSPS) is 15.1. The quantitative estimate of drug-likeness (QED) is 0.301. The molecule has 5 heteroatoms. The van der Waals surface area contributed by atoms with Gasteiger partial charge in [-0.2, -0.15) is 0 Å². The monoisotopic (exact) mass is 404 g/mol. The van der Waals surface area contributed by atoms with Gasteiger partial charge < -0.3 is 14.9 Å². The molecule has 1 fully saturated rings. The van der Waals surface area contributed by atoms with Crippen molar-refractivity contribution in [1.29, 1.82) is 0 Å². The standard InChI is InChI=1S/C24H36O5/c1-23(2,22(27)28)13-7-4-6-10-20-12-11-19(17-21(20)26)9-5-3-8-14-24(15-16-24)29-18-25/h11-12,17-18,26H,3-10,13-16H2,1-2H3,(H,27,28). The molecule has 2 rings (SSSR count). The van der Waals surface area contributed by atoms with Crippen LogP contribution in [-0.2, 0) is 27.2 Å². The van der Waals surface area contributed by atoms with Gasteiger partial charge in [0.25, 0.3) is 6.47 Å². The number of carboxylic acids is 1. The Hall–Kier alpha value is -2.04. The van der Waals surface area contributed by atoms with Crippen LogP contribution in [0.4, 0.5) is 0 Å². The Morgan fingerprint density at radius 2 is 1.79 bits per heavy atom. The van der Waals surface area contributed by atoms with Gasteiger partial charge in [0.1, 0.15) is 11.4 Å². The van der Waals surface area contributed by atoms with E-state index < -0.39 is 11.4 Å². The number of phenolic OH excluding ortho intramolecular Hbond substituents is 1. The number of carboxylic acid groups (broad SMARTS) is 1. The van der Waals surface area contributed by atoms with E-state index >= 15 is 0 Å². The van der Waals surface area contributed by atoms with Crippen LogP contribution in [0, 0.1) is 5.41 Å². The van der Waals surface area contributed by atoms with Crippen LogP contribution in [-0.4, -0.2) is 28.3 Å². The van der Waals surface area contributed by atoms with Crippen LogP contribution < -0.4 is 0 Å². The molecule has 1 aromatic carbocycles. The van der Waals surface area contributed by atoms with Crippen LogP contribution in [0.25, 0.3) is 0 Å². The van der Waals surface area contributed by atoms with E-state index in [9.17, 15) is 14.7 Å². The predicted octanol–water partition coefficient (Wildman–Crippen LogP) is 5.41. The Balaban J connectivity index is 1.62. The van der Waals surface area contributed by atoms with Crippen molar-refractivity contribution in [3.63, 3.8) is 0 Å². The number of ether oxygens (including phenoxy) is 1. The number of hydrogen-bond donors (Lipinski definition) is 2. The Morgan fingerprint density at radius 3 is 2.41 bits per heavy atom. The number of rotatable bonds is 15. The minimum absolute atomic E-state index is 0.148. The third kappa shape index (κ3) is 7.71. The Bertz CT molecular complexity index is 676. The molecule has 162 valence electrons. The van der Waals surface area contributed by atoms with E-state index in [1.165, 1.54) is 0 Å². The van der Waals surface area contributed by atoms with Gasteiger partial charge in [0.05, 0.1) is 5.41 Å². The van der Waals surface area contributed by atoms with Gasteiger partial charge in [-0.3, -0.25) is 9.59 Å². The molecule has 1 aromatic rings. The summed E-state index contributed by atoms with van der Waals surface area (Å²) in [7, 11) is 0. The Kier molecular flexibility index (Phi) is 8.54. The Morgan fingerprint density at radius 1 is 1.10 bits per heavy atom. The summed E-state index contributed by atoms with van der Waals surface area (Å²) in [6, 6.07) is 5.99. The number of hydrogen-bond acceptors (Lipinski definition) is 4. The highest BCUT2D eigenvalue weighted by Gasteiger charge is 2.44. The van der Waals surface area contributed by atoms with Gasteiger partial charge in [0.15, 0.2) is 0 Å². The molecule has 0 amide bonds. The summed E-state index contributed by atoms with van der Waals surface area (Å²) in [4.78, 5) is 21.6. The number of benzene rings is 1. The van der Waals surface area contributed by atoms with E-state index in [-0.39, 0.29) is 5.60 Å². The lowest BCUT2D eigenvalue weighted by atomic mass is 9.87. The average molecular weight is 405 g/mol. The number of aryl methyl sites for hydroxylation is 2. The third-order valence-electron chi connectivity index (χ3n) is 6.18. The topological polar surface area (TPSA) is 83.8 Å². The van der Waals surface area contributed by atoms with Crippen molar-refractivity contribution in [2.75, 3.05) is 0 Å². The molecule has 0 saturated heterocycles. The Labute approximate surface area is 174 Å². The molecule has 1 aliphatic rings. The van der Waals surface area contributed by atoms with Crippen molar-refractivity contribution in [1.82, 2.24) is 0 Å². The highest BCUT2D eigenvalue weighted by molar-refractivity contribution is 5.73. The van der Waals surface area contributed by atoms with Gasteiger partial charge in [0, 0.05) is 0 Å². The molecular formula is C24H36O5. The summed E-state index contributed by atoms with van der Waals surface area (Å²) < 4.78 is 5.17. The summed E-state index contributed by atoms with van der Waals surface area (Å²) in [5.74, 6) is -0.378. The second-order valence-electron chi connectivity index (χ2n) is 9.17. The fraction of sp³-hybridized carbons (Fsp3) is 0.667. The first-order chi connectivity index (χ1) is 13.8. The summed E-state index contributed by atoms with van der Waals surface area (Å²) in [6.07, 6.45) is 11.4.